The molecule has 1 saturated heterocycles. The summed E-state index contributed by atoms with van der Waals surface area (Å²) in [6.07, 6.45) is 0.645. The molecular weight excluding hydrogens is 373 g/mol. The summed E-state index contributed by atoms with van der Waals surface area (Å²) in [7, 11) is 0. The highest BCUT2D eigenvalue weighted by Crippen LogP contribution is 2.32. The molecule has 0 aromatic heterocycles. The first-order valence-electron chi connectivity index (χ1n) is 6.21. The van der Waals surface area contributed by atoms with Gasteiger partial charge in [-0.05, 0) is 18.1 Å². The molecular formula is C13H12IN3O3. The summed E-state index contributed by atoms with van der Waals surface area (Å²) in [4.78, 5) is 37.6. The standard InChI is InChI=1S/C13H12IN3O3/c14-17-10(18)5-4-9(12(17)19)16-6-7-2-1-3-8(15)11(7)13(16)20/h1-3,9H,4-6,15H2. The van der Waals surface area contributed by atoms with Crippen LogP contribution in [0.1, 0.15) is 28.8 Å². The molecule has 3 rings (SSSR count). The lowest BCUT2D eigenvalue weighted by molar-refractivity contribution is -0.143. The van der Waals surface area contributed by atoms with Crippen molar-refractivity contribution >= 4 is 46.3 Å². The van der Waals surface area contributed by atoms with Crippen molar-refractivity contribution in [1.82, 2.24) is 8.01 Å². The molecule has 0 spiro atoms. The Labute approximate surface area is 129 Å². The van der Waals surface area contributed by atoms with Crippen LogP contribution < -0.4 is 5.73 Å². The average molecular weight is 385 g/mol. The normalized spacial score (nSPS) is 22.4. The Morgan fingerprint density at radius 2 is 2.00 bits per heavy atom. The van der Waals surface area contributed by atoms with Gasteiger partial charge in [0.15, 0.2) is 0 Å². The van der Waals surface area contributed by atoms with Crippen molar-refractivity contribution < 1.29 is 14.4 Å². The molecule has 1 atom stereocenters. The van der Waals surface area contributed by atoms with Crippen LogP contribution in [0.5, 0.6) is 0 Å². The summed E-state index contributed by atoms with van der Waals surface area (Å²) in [5.41, 5.74) is 7.59. The fourth-order valence-electron chi connectivity index (χ4n) is 2.69. The van der Waals surface area contributed by atoms with E-state index in [1.807, 2.05) is 6.07 Å². The Morgan fingerprint density at radius 1 is 1.25 bits per heavy atom. The Bertz CT molecular complexity index is 631. The zero-order valence-electron chi connectivity index (χ0n) is 10.5. The number of fused-ring (bicyclic) bond motifs is 1. The molecule has 1 aromatic carbocycles. The van der Waals surface area contributed by atoms with E-state index in [1.165, 1.54) is 4.90 Å². The first-order valence-corrected chi connectivity index (χ1v) is 7.18. The first-order chi connectivity index (χ1) is 9.50. The second-order valence-electron chi connectivity index (χ2n) is 4.88. The molecule has 2 N–H and O–H groups in total. The third kappa shape index (κ3) is 1.88. The molecule has 0 saturated carbocycles. The summed E-state index contributed by atoms with van der Waals surface area (Å²) in [5.74, 6) is -0.771. The first kappa shape index (κ1) is 13.3. The number of anilines is 1. The Hall–Kier alpha value is -1.64. The van der Waals surface area contributed by atoms with Gasteiger partial charge < -0.3 is 10.6 Å². The van der Waals surface area contributed by atoms with Crippen molar-refractivity contribution in [2.24, 2.45) is 0 Å². The molecule has 0 bridgehead atoms. The van der Waals surface area contributed by atoms with Gasteiger partial charge in [0.05, 0.1) is 28.4 Å². The van der Waals surface area contributed by atoms with Gasteiger partial charge in [-0.2, -0.15) is 0 Å². The lowest BCUT2D eigenvalue weighted by Crippen LogP contribution is -2.51. The molecule has 2 heterocycles. The van der Waals surface area contributed by atoms with Crippen LogP contribution >= 0.6 is 22.9 Å². The monoisotopic (exact) mass is 385 g/mol. The molecule has 1 aromatic rings. The zero-order chi connectivity index (χ0) is 14.4. The van der Waals surface area contributed by atoms with Gasteiger partial charge in [-0.1, -0.05) is 12.1 Å². The zero-order valence-corrected chi connectivity index (χ0v) is 12.7. The second-order valence-corrected chi connectivity index (χ2v) is 5.85. The molecule has 7 heteroatoms. The number of carbonyl (C=O) groups excluding carboxylic acids is 3. The number of nitrogens with two attached hydrogens (primary N) is 1. The summed E-state index contributed by atoms with van der Waals surface area (Å²) < 4.78 is 1.07. The van der Waals surface area contributed by atoms with Crippen LogP contribution in [-0.2, 0) is 16.1 Å². The highest BCUT2D eigenvalue weighted by Gasteiger charge is 2.42. The van der Waals surface area contributed by atoms with E-state index in [0.29, 0.717) is 24.2 Å². The van der Waals surface area contributed by atoms with Crippen LogP contribution in [-0.4, -0.2) is 31.8 Å². The third-order valence-corrected chi connectivity index (χ3v) is 4.72. The maximum Gasteiger partial charge on any atom is 0.260 e. The van der Waals surface area contributed by atoms with E-state index in [9.17, 15) is 14.4 Å². The predicted octanol–water partition coefficient (Wildman–Crippen LogP) is 1.09. The lowest BCUT2D eigenvalue weighted by atomic mass is 10.0. The Balaban J connectivity index is 1.91. The number of hydrogen-bond donors (Lipinski definition) is 1. The van der Waals surface area contributed by atoms with Crippen LogP contribution in [0.15, 0.2) is 18.2 Å². The SMILES string of the molecule is Nc1cccc2c1C(=O)N(C1CCC(=O)N(I)C1=O)C2. The van der Waals surface area contributed by atoms with Gasteiger partial charge in [-0.15, -0.1) is 0 Å². The summed E-state index contributed by atoms with van der Waals surface area (Å²) in [6, 6.07) is 4.73. The van der Waals surface area contributed by atoms with Gasteiger partial charge in [0.1, 0.15) is 6.04 Å². The van der Waals surface area contributed by atoms with Crippen LogP contribution in [0.25, 0.3) is 0 Å². The topological polar surface area (TPSA) is 83.7 Å². The van der Waals surface area contributed by atoms with Gasteiger partial charge in [-0.25, -0.2) is 3.11 Å². The minimum absolute atomic E-state index is 0.212. The molecule has 104 valence electrons. The maximum absolute atomic E-state index is 12.4. The molecule has 0 aliphatic carbocycles. The van der Waals surface area contributed by atoms with Crippen LogP contribution in [0, 0.1) is 0 Å². The predicted molar refractivity (Wildman–Crippen MR) is 79.6 cm³/mol. The minimum atomic E-state index is -0.580. The van der Waals surface area contributed by atoms with Gasteiger partial charge in [0.2, 0.25) is 5.91 Å². The van der Waals surface area contributed by atoms with E-state index in [1.54, 1.807) is 35.0 Å². The Kier molecular flexibility index (Phi) is 3.15. The number of amides is 3. The largest absolute Gasteiger partial charge is 0.398 e. The van der Waals surface area contributed by atoms with Gasteiger partial charge in [-0.3, -0.25) is 14.4 Å². The van der Waals surface area contributed by atoms with Crippen LogP contribution in [0.3, 0.4) is 0 Å². The molecule has 20 heavy (non-hydrogen) atoms. The molecule has 6 nitrogen and oxygen atoms in total. The van der Waals surface area contributed by atoms with Crippen molar-refractivity contribution in [2.45, 2.75) is 25.4 Å². The van der Waals surface area contributed by atoms with Gasteiger partial charge >= 0.3 is 0 Å². The molecule has 2 aliphatic rings. The lowest BCUT2D eigenvalue weighted by Gasteiger charge is -2.32. The maximum atomic E-state index is 12.4. The summed E-state index contributed by atoms with van der Waals surface area (Å²) in [6.45, 7) is 0.369. The molecule has 1 unspecified atom stereocenters. The number of halogens is 1. The van der Waals surface area contributed by atoms with Crippen LogP contribution in [0.2, 0.25) is 0 Å². The number of benzene rings is 1. The third-order valence-electron chi connectivity index (χ3n) is 3.70. The van der Waals surface area contributed by atoms with Crippen molar-refractivity contribution in [1.29, 1.82) is 0 Å². The highest BCUT2D eigenvalue weighted by atomic mass is 127. The Morgan fingerprint density at radius 3 is 2.70 bits per heavy atom. The smallest absolute Gasteiger partial charge is 0.260 e. The van der Waals surface area contributed by atoms with Crippen molar-refractivity contribution in [3.8, 4) is 0 Å². The second kappa shape index (κ2) is 4.72. The van der Waals surface area contributed by atoms with E-state index in [0.717, 1.165) is 8.68 Å². The number of hydrogen-bond acceptors (Lipinski definition) is 4. The highest BCUT2D eigenvalue weighted by molar-refractivity contribution is 14.1. The quantitative estimate of drug-likeness (QED) is 0.340. The summed E-state index contributed by atoms with van der Waals surface area (Å²) >= 11 is 1.70. The van der Waals surface area contributed by atoms with Crippen molar-refractivity contribution in [3.05, 3.63) is 29.3 Å². The molecule has 1 fully saturated rings. The number of carbonyl (C=O) groups is 3. The van der Waals surface area contributed by atoms with Crippen molar-refractivity contribution in [3.63, 3.8) is 0 Å². The van der Waals surface area contributed by atoms with Crippen molar-refractivity contribution in [2.75, 3.05) is 5.73 Å². The van der Waals surface area contributed by atoms with E-state index in [2.05, 4.69) is 0 Å². The molecule has 3 amide bonds. The molecule has 2 aliphatic heterocycles. The van der Waals surface area contributed by atoms with Gasteiger partial charge in [0, 0.05) is 18.7 Å². The number of rotatable bonds is 1. The fourth-order valence-corrected chi connectivity index (χ4v) is 3.25. The number of piperidine rings is 1. The number of nitrogen functional groups attached to an aromatic ring is 1. The van der Waals surface area contributed by atoms with E-state index < -0.39 is 6.04 Å². The van der Waals surface area contributed by atoms with E-state index >= 15 is 0 Å². The minimum Gasteiger partial charge on any atom is -0.398 e. The van der Waals surface area contributed by atoms with E-state index in [4.69, 9.17) is 5.73 Å². The number of imide groups is 1. The van der Waals surface area contributed by atoms with Crippen LogP contribution in [0.4, 0.5) is 5.69 Å². The average Bonchev–Trinajstić information content (AvgIpc) is 2.75. The summed E-state index contributed by atoms with van der Waals surface area (Å²) in [5, 5.41) is 0. The number of nitrogens with zero attached hydrogens (tertiary/aromatic N) is 2. The van der Waals surface area contributed by atoms with Gasteiger partial charge in [0.25, 0.3) is 11.8 Å². The van der Waals surface area contributed by atoms with E-state index in [-0.39, 0.29) is 24.1 Å². The fraction of sp³-hybridized carbons (Fsp3) is 0.308. The molecule has 0 radical (unpaired) electrons.